The summed E-state index contributed by atoms with van der Waals surface area (Å²) in [6, 6.07) is 8.11. The molecule has 248 valence electrons. The number of benzene rings is 2. The van der Waals surface area contributed by atoms with Crippen molar-refractivity contribution < 1.29 is 40.7 Å². The average molecular weight is 664 g/mol. The molecule has 0 radical (unpaired) electrons. The van der Waals surface area contributed by atoms with Crippen LogP contribution in [0.2, 0.25) is 0 Å². The summed E-state index contributed by atoms with van der Waals surface area (Å²) in [6.07, 6.45) is -3.41. The van der Waals surface area contributed by atoms with Crippen LogP contribution < -0.4 is 20.3 Å². The maximum Gasteiger partial charge on any atom is 0.573 e. The van der Waals surface area contributed by atoms with Crippen LogP contribution in [-0.2, 0) is 26.0 Å². The highest BCUT2D eigenvalue weighted by Gasteiger charge is 2.51. The van der Waals surface area contributed by atoms with E-state index in [2.05, 4.69) is 20.4 Å². The number of nitrogens with zero attached hydrogens (tertiary/aromatic N) is 3. The Kier molecular flexibility index (Phi) is 8.70. The molecule has 3 aliphatic heterocycles. The van der Waals surface area contributed by atoms with Crippen LogP contribution in [0.25, 0.3) is 0 Å². The molecule has 0 bridgehead atoms. The van der Waals surface area contributed by atoms with Crippen molar-refractivity contribution in [2.45, 2.75) is 77.2 Å². The van der Waals surface area contributed by atoms with Crippen molar-refractivity contribution in [3.05, 3.63) is 58.7 Å². The third kappa shape index (κ3) is 6.09. The number of carbonyl (C=O) groups excluding carboxylic acids is 3. The second kappa shape index (κ2) is 12.0. The first-order valence-electron chi connectivity index (χ1n) is 15.1. The summed E-state index contributed by atoms with van der Waals surface area (Å²) in [5.74, 6) is -1.07. The van der Waals surface area contributed by atoms with Crippen LogP contribution in [0.5, 0.6) is 5.75 Å². The maximum atomic E-state index is 13.4. The van der Waals surface area contributed by atoms with E-state index in [1.807, 2.05) is 39.8 Å². The summed E-state index contributed by atoms with van der Waals surface area (Å²) < 4.78 is 69.5. The van der Waals surface area contributed by atoms with Gasteiger partial charge in [-0.25, -0.2) is 17.5 Å². The van der Waals surface area contributed by atoms with Crippen molar-refractivity contribution >= 4 is 39.4 Å². The number of nitrogens with one attached hydrogen (secondary N) is 2. The Labute approximate surface area is 265 Å². The van der Waals surface area contributed by atoms with E-state index in [0.717, 1.165) is 28.8 Å². The SMILES string of the molecule is CCC1(CC)C(=O)NC(=O)N1c1cc(C)c(CCS(=O)(=O)N2CCC3(CC2)N=C(c2ccc(OC(F)(F)F)cc2)NC3=O)c(C)c1. The number of aryl methyl sites for hydroxylation is 2. The summed E-state index contributed by atoms with van der Waals surface area (Å²) >= 11 is 0. The summed E-state index contributed by atoms with van der Waals surface area (Å²) in [5, 5.41) is 5.11. The second-order valence-corrected chi connectivity index (χ2v) is 14.0. The van der Waals surface area contributed by atoms with E-state index in [4.69, 9.17) is 0 Å². The van der Waals surface area contributed by atoms with Gasteiger partial charge >= 0.3 is 12.4 Å². The molecular weight excluding hydrogens is 627 g/mol. The number of sulfonamides is 1. The molecule has 3 heterocycles. The number of carbonyl (C=O) groups is 3. The van der Waals surface area contributed by atoms with Crippen molar-refractivity contribution in [1.82, 2.24) is 14.9 Å². The number of rotatable bonds is 9. The predicted octanol–water partition coefficient (Wildman–Crippen LogP) is 4.10. The molecule has 0 aromatic heterocycles. The molecule has 2 saturated heterocycles. The van der Waals surface area contributed by atoms with E-state index in [0.29, 0.717) is 24.1 Å². The fourth-order valence-corrected chi connectivity index (χ4v) is 8.07. The first-order valence-corrected chi connectivity index (χ1v) is 16.7. The van der Waals surface area contributed by atoms with Crippen LogP contribution in [0.4, 0.5) is 23.7 Å². The number of piperidine rings is 1. The number of hydrogen-bond donors (Lipinski definition) is 2. The highest BCUT2D eigenvalue weighted by Crippen LogP contribution is 2.37. The van der Waals surface area contributed by atoms with Gasteiger partial charge in [-0.15, -0.1) is 13.2 Å². The number of halogens is 3. The fourth-order valence-electron chi connectivity index (χ4n) is 6.61. The zero-order valence-corrected chi connectivity index (χ0v) is 26.8. The molecular formula is C31H36F3N5O6S. The van der Waals surface area contributed by atoms with Gasteiger partial charge < -0.3 is 10.1 Å². The van der Waals surface area contributed by atoms with Crippen LogP contribution >= 0.6 is 0 Å². The lowest BCUT2D eigenvalue weighted by molar-refractivity contribution is -0.274. The summed E-state index contributed by atoms with van der Waals surface area (Å²) in [7, 11) is -3.70. The lowest BCUT2D eigenvalue weighted by Crippen LogP contribution is -2.50. The number of amides is 4. The predicted molar refractivity (Wildman–Crippen MR) is 164 cm³/mol. The Hall–Kier alpha value is -3.98. The number of aliphatic imine (C=N–C) groups is 1. The molecule has 2 aromatic carbocycles. The molecule has 4 amide bonds. The largest absolute Gasteiger partial charge is 0.573 e. The first kappa shape index (κ1) is 33.4. The van der Waals surface area contributed by atoms with Crippen LogP contribution in [-0.4, -0.2) is 72.7 Å². The van der Waals surface area contributed by atoms with E-state index >= 15 is 0 Å². The molecule has 0 saturated carbocycles. The number of imide groups is 1. The molecule has 1 spiro atoms. The molecule has 2 fully saturated rings. The Morgan fingerprint density at radius 1 is 0.935 bits per heavy atom. The minimum Gasteiger partial charge on any atom is -0.406 e. The maximum absolute atomic E-state index is 13.4. The summed E-state index contributed by atoms with van der Waals surface area (Å²) in [6.45, 7) is 7.58. The van der Waals surface area contributed by atoms with Crippen molar-refractivity contribution in [3.8, 4) is 5.75 Å². The molecule has 46 heavy (non-hydrogen) atoms. The summed E-state index contributed by atoms with van der Waals surface area (Å²) in [5.41, 5.74) is 1.28. The number of hydrogen-bond acceptors (Lipinski definition) is 7. The fraction of sp³-hybridized carbons (Fsp3) is 0.484. The lowest BCUT2D eigenvalue weighted by atomic mass is 9.89. The van der Waals surface area contributed by atoms with Gasteiger partial charge in [-0.2, -0.15) is 0 Å². The number of anilines is 1. The van der Waals surface area contributed by atoms with Gasteiger partial charge in [-0.3, -0.25) is 24.8 Å². The van der Waals surface area contributed by atoms with Gasteiger partial charge in [-0.05, 0) is 99.0 Å². The quantitative estimate of drug-likeness (QED) is 0.388. The van der Waals surface area contributed by atoms with Gasteiger partial charge in [0, 0.05) is 24.3 Å². The van der Waals surface area contributed by atoms with E-state index in [1.165, 1.54) is 21.3 Å². The van der Waals surface area contributed by atoms with Gasteiger partial charge in [0.25, 0.3) is 11.8 Å². The Morgan fingerprint density at radius 3 is 2.07 bits per heavy atom. The average Bonchev–Trinajstić information content (AvgIpc) is 3.43. The normalized spacial score (nSPS) is 19.8. The number of amidine groups is 1. The molecule has 11 nitrogen and oxygen atoms in total. The minimum absolute atomic E-state index is 0.0794. The minimum atomic E-state index is -4.83. The van der Waals surface area contributed by atoms with Crippen molar-refractivity contribution in [2.24, 2.45) is 4.99 Å². The second-order valence-electron chi connectivity index (χ2n) is 11.9. The van der Waals surface area contributed by atoms with E-state index < -0.39 is 39.2 Å². The first-order chi connectivity index (χ1) is 21.5. The molecule has 15 heteroatoms. The highest BCUT2D eigenvalue weighted by atomic mass is 32.2. The Bertz CT molecular complexity index is 1670. The highest BCUT2D eigenvalue weighted by molar-refractivity contribution is 7.89. The van der Waals surface area contributed by atoms with E-state index in [1.54, 1.807) is 0 Å². The van der Waals surface area contributed by atoms with E-state index in [-0.39, 0.29) is 55.8 Å². The summed E-state index contributed by atoms with van der Waals surface area (Å²) in [4.78, 5) is 44.4. The molecule has 2 aromatic rings. The zero-order chi connectivity index (χ0) is 33.7. The van der Waals surface area contributed by atoms with Gasteiger partial charge in [-0.1, -0.05) is 13.8 Å². The van der Waals surface area contributed by atoms with Gasteiger partial charge in [0.05, 0.1) is 5.75 Å². The molecule has 0 unspecified atom stereocenters. The monoisotopic (exact) mass is 663 g/mol. The topological polar surface area (TPSA) is 137 Å². The number of alkyl halides is 3. The van der Waals surface area contributed by atoms with Crippen molar-refractivity contribution in [2.75, 3.05) is 23.7 Å². The van der Waals surface area contributed by atoms with Crippen LogP contribution in [0, 0.1) is 13.8 Å². The van der Waals surface area contributed by atoms with E-state index in [9.17, 15) is 36.0 Å². The van der Waals surface area contributed by atoms with Gasteiger partial charge in [0.2, 0.25) is 10.0 Å². The van der Waals surface area contributed by atoms with Crippen molar-refractivity contribution in [3.63, 3.8) is 0 Å². The lowest BCUT2D eigenvalue weighted by Gasteiger charge is -2.35. The van der Waals surface area contributed by atoms with Crippen LogP contribution in [0.15, 0.2) is 41.4 Å². The van der Waals surface area contributed by atoms with Crippen LogP contribution in [0.3, 0.4) is 0 Å². The molecule has 0 aliphatic carbocycles. The van der Waals surface area contributed by atoms with Gasteiger partial charge in [0.1, 0.15) is 22.7 Å². The molecule has 0 atom stereocenters. The number of urea groups is 1. The van der Waals surface area contributed by atoms with Gasteiger partial charge in [0.15, 0.2) is 0 Å². The zero-order valence-electron chi connectivity index (χ0n) is 26.0. The smallest absolute Gasteiger partial charge is 0.406 e. The van der Waals surface area contributed by atoms with Crippen molar-refractivity contribution in [1.29, 1.82) is 0 Å². The molecule has 2 N–H and O–H groups in total. The molecule has 3 aliphatic rings. The Morgan fingerprint density at radius 2 is 1.52 bits per heavy atom. The third-order valence-corrected chi connectivity index (χ3v) is 11.1. The molecule has 5 rings (SSSR count). The standard InChI is InChI=1S/C31H36F3N5O6S/c1-5-30(6-2)27(41)36-28(42)39(30)22-17-19(3)24(20(4)18-22)11-16-46(43,44)38-14-12-29(13-15-38)26(40)35-25(37-29)21-7-9-23(10-8-21)45-31(32,33)34/h7-10,17-18H,5-6,11-16H2,1-4H3,(H,35,37,40)(H,36,41,42). The van der Waals surface area contributed by atoms with Crippen LogP contribution in [0.1, 0.15) is 61.8 Å². The Balaban J connectivity index is 1.24. The third-order valence-electron chi connectivity index (χ3n) is 9.28. The number of ether oxygens (including phenoxy) is 1.